The van der Waals surface area contributed by atoms with E-state index in [0.29, 0.717) is 35.5 Å². The van der Waals surface area contributed by atoms with Crippen LogP contribution in [0.5, 0.6) is 0 Å². The summed E-state index contributed by atoms with van der Waals surface area (Å²) in [6.07, 6.45) is 106. The second-order valence-electron chi connectivity index (χ2n) is 47.5. The highest BCUT2D eigenvalue weighted by atomic mass is 14.4. The van der Waals surface area contributed by atoms with Crippen LogP contribution in [0.2, 0.25) is 0 Å². The first kappa shape index (κ1) is 110. The highest BCUT2D eigenvalue weighted by molar-refractivity contribution is 6.61. The first-order valence-corrected chi connectivity index (χ1v) is 62.4. The molecule has 138 heavy (non-hydrogen) atoms. The molecule has 0 saturated heterocycles. The maximum absolute atomic E-state index is 2.96. The molecule has 13 rings (SSSR count). The van der Waals surface area contributed by atoms with E-state index in [1.807, 2.05) is 0 Å². The third-order valence-corrected chi connectivity index (χ3v) is 35.7. The Labute approximate surface area is 849 Å². The Morgan fingerprint density at radius 2 is 0.196 bits per heavy atom. The molecule has 0 nitrogen and oxygen atoms in total. The molecular weight excluding hydrogens is 1660 g/mol. The topological polar surface area (TPSA) is 0 Å². The highest BCUT2D eigenvalue weighted by Gasteiger charge is 2.35. The monoisotopic (exact) mass is 1870 g/mol. The summed E-state index contributed by atoms with van der Waals surface area (Å²) >= 11 is 0. The van der Waals surface area contributed by atoms with Crippen LogP contribution in [-0.4, -0.2) is 0 Å². The lowest BCUT2D eigenvalue weighted by Gasteiger charge is -2.31. The van der Waals surface area contributed by atoms with Crippen molar-refractivity contribution in [3.05, 3.63) is 106 Å². The highest BCUT2D eigenvalue weighted by Crippen LogP contribution is 2.62. The van der Waals surface area contributed by atoms with E-state index in [1.54, 1.807) is 163 Å². The van der Waals surface area contributed by atoms with Crippen molar-refractivity contribution in [2.45, 2.75) is 584 Å². The molecule has 13 aromatic rings. The second-order valence-corrected chi connectivity index (χ2v) is 47.5. The number of unbranched alkanes of at least 4 members (excludes halogenated alkanes) is 48. The maximum Gasteiger partial charge on any atom is -0.0000472 e. The Morgan fingerprint density at radius 3 is 0.297 bits per heavy atom. The van der Waals surface area contributed by atoms with Crippen LogP contribution in [0.3, 0.4) is 0 Å². The second kappa shape index (κ2) is 60.5. The molecule has 0 aliphatic heterocycles. The van der Waals surface area contributed by atoms with Gasteiger partial charge in [-0.1, -0.05) is 618 Å². The molecular formula is C138H210. The first-order valence-electron chi connectivity index (χ1n) is 62.4. The summed E-state index contributed by atoms with van der Waals surface area (Å²) in [6.45, 7) is 29.0. The molecule has 0 saturated carbocycles. The minimum atomic E-state index is 0.684. The van der Waals surface area contributed by atoms with E-state index in [9.17, 15) is 0 Å². The Kier molecular flexibility index (Phi) is 48.1. The molecule has 0 heterocycles. The number of rotatable bonds is 84. The van der Waals surface area contributed by atoms with Crippen LogP contribution >= 0.6 is 0 Å². The fraction of sp³-hybridized carbons (Fsp3) is 0.696. The van der Waals surface area contributed by atoms with Crippen molar-refractivity contribution in [3.8, 4) is 0 Å². The summed E-state index contributed by atoms with van der Waals surface area (Å²) in [5.41, 5.74) is 9.86. The zero-order valence-electron chi connectivity index (χ0n) is 92.5. The van der Waals surface area contributed by atoms with Gasteiger partial charge < -0.3 is 0 Å². The average molecular weight is 1870 g/mol. The predicted molar refractivity (Wildman–Crippen MR) is 627 cm³/mol. The van der Waals surface area contributed by atoms with Crippen LogP contribution in [0.1, 0.15) is 579 Å². The normalized spacial score (nSPS) is 14.0. The summed E-state index contributed by atoms with van der Waals surface area (Å²) in [7, 11) is 0. The van der Waals surface area contributed by atoms with Crippen LogP contribution in [0, 0.1) is 35.5 Å². The number of hydrogen-bond donors (Lipinski definition) is 0. The Balaban J connectivity index is 1.20. The fourth-order valence-corrected chi connectivity index (χ4v) is 27.9. The molecule has 762 valence electrons. The third kappa shape index (κ3) is 29.9. The number of fused-ring (bicyclic) bond motifs is 6. The van der Waals surface area contributed by atoms with Gasteiger partial charge in [0.15, 0.2) is 0 Å². The van der Waals surface area contributed by atoms with Crippen LogP contribution < -0.4 is 0 Å². The lowest BCUT2D eigenvalue weighted by Crippen LogP contribution is -2.09. The van der Waals surface area contributed by atoms with Gasteiger partial charge in [0.2, 0.25) is 0 Å². The van der Waals surface area contributed by atoms with Crippen LogP contribution in [0.15, 0.2) is 72.8 Å². The van der Waals surface area contributed by atoms with E-state index in [0.717, 1.165) is 0 Å². The molecule has 0 N–H and O–H groups in total. The standard InChI is InChI=1S/C138H210/c1-13-25-37-49-55-67-79-103(73-61-43-31-19-7)85-109-91-115-117-93-110(86-104(74-62-44-32-20-8)80-68-56-50-38-26-14-2)95-119-121-97-112(88-106(76-64-46-34-22-10)82-70-58-52-40-28-16-4)99-123-125-101-114(90-108(78-66-48-36-24-12)84-72-60-54-42-30-18-6)102-126-124-100-113(89-107(77-65-47-35-23-11)83-71-59-53-41-29-17-5)98-122-120-96-111(87-105(75-63-45-33-21-9)81-69-57-51-39-27-15-3)94-118-116(92-109)127(115)133-134(128(117)119)136(130(121)123)138(132(125)126)137(131(122)124)135(133)129(118)120/h91-108H,13-90H2,1-12H3. The maximum atomic E-state index is 2.96. The van der Waals surface area contributed by atoms with Gasteiger partial charge in [0.25, 0.3) is 0 Å². The molecule has 0 heteroatoms. The van der Waals surface area contributed by atoms with Gasteiger partial charge in [-0.05, 0) is 237 Å². The summed E-state index contributed by atoms with van der Waals surface area (Å²) in [6, 6.07) is 35.5. The Morgan fingerprint density at radius 1 is 0.109 bits per heavy atom. The largest absolute Gasteiger partial charge is 0.0654 e. The van der Waals surface area contributed by atoms with Crippen molar-refractivity contribution in [2.24, 2.45) is 35.5 Å². The molecule has 0 aromatic heterocycles. The van der Waals surface area contributed by atoms with Gasteiger partial charge in [0.1, 0.15) is 0 Å². The van der Waals surface area contributed by atoms with Gasteiger partial charge in [-0.25, -0.2) is 0 Å². The summed E-state index contributed by atoms with van der Waals surface area (Å²) < 4.78 is 0. The molecule has 0 amide bonds. The van der Waals surface area contributed by atoms with Crippen LogP contribution in [0.4, 0.5) is 0 Å². The lowest BCUT2D eigenvalue weighted by molar-refractivity contribution is 0.402. The first-order chi connectivity index (χ1) is 68.1. The summed E-state index contributed by atoms with van der Waals surface area (Å²) in [5.74, 6) is 4.10. The quantitative estimate of drug-likeness (QED) is 0.0202. The number of hydrogen-bond acceptors (Lipinski definition) is 0. The van der Waals surface area contributed by atoms with E-state index >= 15 is 0 Å². The SMILES string of the molecule is CCCCCCCCC(CCCCCC)Cc1cc2c3cc(CC(CCCCCC)CCCCCCCC)cc4c5cc(CC(CCCCCC)CCCCCCCC)cc6c7cc(CC(CCCCCC)CCCCCCCC)cc8c9cc(CC(CCCCCC)CCCCCCCC)cc%10c%11cc(CC(CCCCCC)CCCCCCCC)cc%12c(c1)c2c1c(c34)c(c56)c(c78)c(c%109)c1c%12%11. The van der Waals surface area contributed by atoms with Crippen molar-refractivity contribution in [2.75, 3.05) is 0 Å². The Hall–Kier alpha value is -5.46. The van der Waals surface area contributed by atoms with Crippen LogP contribution in [0.25, 0.3) is 129 Å². The van der Waals surface area contributed by atoms with E-state index in [-0.39, 0.29) is 0 Å². The molecule has 0 spiro atoms. The molecule has 6 atom stereocenters. The molecule has 0 fully saturated rings. The van der Waals surface area contributed by atoms with E-state index in [1.165, 1.54) is 501 Å². The summed E-state index contributed by atoms with van der Waals surface area (Å²) in [4.78, 5) is 0. The van der Waals surface area contributed by atoms with Gasteiger partial charge in [-0.2, -0.15) is 0 Å². The number of benzene rings is 13. The summed E-state index contributed by atoms with van der Waals surface area (Å²) in [5, 5.41) is 38.9. The smallest absolute Gasteiger partial charge is 0.0000472 e. The minimum Gasteiger partial charge on any atom is -0.0654 e. The molecule has 0 radical (unpaired) electrons. The van der Waals surface area contributed by atoms with E-state index in [4.69, 9.17) is 0 Å². The van der Waals surface area contributed by atoms with Crippen molar-refractivity contribution in [3.63, 3.8) is 0 Å². The van der Waals surface area contributed by atoms with Gasteiger partial charge in [0.05, 0.1) is 0 Å². The zero-order chi connectivity index (χ0) is 96.4. The minimum absolute atomic E-state index is 0.684. The average Bonchev–Trinajstić information content (AvgIpc) is 0.640. The molecule has 13 aromatic carbocycles. The predicted octanol–water partition coefficient (Wildman–Crippen LogP) is 47.4. The fourth-order valence-electron chi connectivity index (χ4n) is 27.9. The van der Waals surface area contributed by atoms with Gasteiger partial charge in [-0.15, -0.1) is 0 Å². The molecule has 0 aliphatic rings. The van der Waals surface area contributed by atoms with Gasteiger partial charge >= 0.3 is 0 Å². The van der Waals surface area contributed by atoms with Crippen molar-refractivity contribution < 1.29 is 0 Å². The molecule has 0 bridgehead atoms. The van der Waals surface area contributed by atoms with Gasteiger partial charge in [0, 0.05) is 0 Å². The van der Waals surface area contributed by atoms with E-state index in [2.05, 4.69) is 156 Å². The molecule has 6 unspecified atom stereocenters. The zero-order valence-corrected chi connectivity index (χ0v) is 92.5. The third-order valence-electron chi connectivity index (χ3n) is 35.7. The Bertz CT molecular complexity index is 4370. The van der Waals surface area contributed by atoms with Crippen molar-refractivity contribution in [1.82, 2.24) is 0 Å². The molecule has 0 aliphatic carbocycles. The van der Waals surface area contributed by atoms with E-state index < -0.39 is 0 Å². The van der Waals surface area contributed by atoms with Gasteiger partial charge in [-0.3, -0.25) is 0 Å². The lowest BCUT2D eigenvalue weighted by atomic mass is 9.71. The van der Waals surface area contributed by atoms with Crippen LogP contribution in [-0.2, 0) is 38.5 Å². The van der Waals surface area contributed by atoms with Crippen molar-refractivity contribution in [1.29, 1.82) is 0 Å². The van der Waals surface area contributed by atoms with Crippen molar-refractivity contribution >= 4 is 129 Å².